The van der Waals surface area contributed by atoms with Crippen molar-refractivity contribution >= 4 is 22.6 Å². The van der Waals surface area contributed by atoms with Crippen molar-refractivity contribution in [3.05, 3.63) is 41.0 Å². The second kappa shape index (κ2) is 5.29. The molecule has 0 spiro atoms. The molecule has 18 heavy (non-hydrogen) atoms. The first kappa shape index (κ1) is 13.4. The normalized spacial score (nSPS) is 10.9. The van der Waals surface area contributed by atoms with Crippen molar-refractivity contribution in [2.24, 2.45) is 0 Å². The lowest BCUT2D eigenvalue weighted by Gasteiger charge is -2.00. The van der Waals surface area contributed by atoms with E-state index in [1.165, 1.54) is 0 Å². The van der Waals surface area contributed by atoms with Gasteiger partial charge >= 0.3 is 0 Å². The Morgan fingerprint density at radius 2 is 1.94 bits per heavy atom. The molecule has 0 saturated carbocycles. The van der Waals surface area contributed by atoms with Gasteiger partial charge in [0.2, 0.25) is 5.89 Å². The summed E-state index contributed by atoms with van der Waals surface area (Å²) in [5.41, 5.74) is 0.525. The van der Waals surface area contributed by atoms with Gasteiger partial charge in [0.05, 0.1) is 11.3 Å². The van der Waals surface area contributed by atoms with Gasteiger partial charge < -0.3 is 4.42 Å². The topological polar surface area (TPSA) is 26.0 Å². The lowest BCUT2D eigenvalue weighted by Crippen LogP contribution is -1.94. The van der Waals surface area contributed by atoms with Gasteiger partial charge in [-0.05, 0) is 12.1 Å². The fourth-order valence-electron chi connectivity index (χ4n) is 1.57. The first-order valence-corrected chi connectivity index (χ1v) is 6.79. The number of halogens is 4. The van der Waals surface area contributed by atoms with Crippen LogP contribution in [0.25, 0.3) is 11.5 Å². The largest absolute Gasteiger partial charge is 0.441 e. The molecule has 0 bridgehead atoms. The molecular formula is C12H9F3INO. The van der Waals surface area contributed by atoms with Gasteiger partial charge in [-0.25, -0.2) is 18.2 Å². The third kappa shape index (κ3) is 2.25. The highest BCUT2D eigenvalue weighted by Crippen LogP contribution is 2.28. The standard InChI is InChI=1S/C12H9F3INO/c1-2-9-8(5-16)17-12(18-9)6-3-4-7(13)11(15)10(6)14/h3-4H,2,5H2,1H3. The van der Waals surface area contributed by atoms with Crippen LogP contribution >= 0.6 is 22.6 Å². The Kier molecular flexibility index (Phi) is 3.94. The van der Waals surface area contributed by atoms with Crippen molar-refractivity contribution in [2.75, 3.05) is 0 Å². The maximum absolute atomic E-state index is 13.6. The van der Waals surface area contributed by atoms with Gasteiger partial charge in [0.1, 0.15) is 5.76 Å². The molecule has 0 aliphatic rings. The molecule has 0 N–H and O–H groups in total. The SMILES string of the molecule is CCc1oc(-c2ccc(F)c(F)c2F)nc1CI. The predicted octanol–water partition coefficient (Wildman–Crippen LogP) is 4.26. The van der Waals surface area contributed by atoms with Crippen molar-refractivity contribution in [1.29, 1.82) is 0 Å². The zero-order valence-corrected chi connectivity index (χ0v) is 11.6. The van der Waals surface area contributed by atoms with Crippen molar-refractivity contribution in [3.63, 3.8) is 0 Å². The van der Waals surface area contributed by atoms with Crippen LogP contribution < -0.4 is 0 Å². The minimum absolute atomic E-state index is 0.0186. The Bertz CT molecular complexity index is 561. The zero-order chi connectivity index (χ0) is 13.3. The van der Waals surface area contributed by atoms with Gasteiger partial charge in [0.15, 0.2) is 17.5 Å². The van der Waals surface area contributed by atoms with Crippen LogP contribution in [0.4, 0.5) is 13.2 Å². The van der Waals surface area contributed by atoms with Gasteiger partial charge in [-0.15, -0.1) is 0 Å². The van der Waals surface area contributed by atoms with Crippen LogP contribution in [-0.2, 0) is 10.8 Å². The van der Waals surface area contributed by atoms with Crippen LogP contribution in [0.5, 0.6) is 0 Å². The maximum atomic E-state index is 13.6. The minimum atomic E-state index is -1.51. The molecule has 1 aromatic heterocycles. The highest BCUT2D eigenvalue weighted by atomic mass is 127. The number of nitrogens with zero attached hydrogens (tertiary/aromatic N) is 1. The smallest absolute Gasteiger partial charge is 0.229 e. The van der Waals surface area contributed by atoms with Crippen molar-refractivity contribution < 1.29 is 17.6 Å². The Hall–Kier alpha value is -1.05. The summed E-state index contributed by atoms with van der Waals surface area (Å²) in [5.74, 6) is -3.41. The summed E-state index contributed by atoms with van der Waals surface area (Å²) in [6, 6.07) is 1.98. The average molecular weight is 367 g/mol. The number of rotatable bonds is 3. The fourth-order valence-corrected chi connectivity index (χ4v) is 2.17. The first-order valence-electron chi connectivity index (χ1n) is 5.26. The number of oxazole rings is 1. The van der Waals surface area contributed by atoms with E-state index in [9.17, 15) is 13.2 Å². The Balaban J connectivity index is 2.55. The van der Waals surface area contributed by atoms with Gasteiger partial charge in [-0.1, -0.05) is 29.5 Å². The molecule has 0 unspecified atom stereocenters. The number of hydrogen-bond acceptors (Lipinski definition) is 2. The molecule has 2 nitrogen and oxygen atoms in total. The summed E-state index contributed by atoms with van der Waals surface area (Å²) in [6.45, 7) is 1.88. The maximum Gasteiger partial charge on any atom is 0.229 e. The van der Waals surface area contributed by atoms with Crippen molar-refractivity contribution in [1.82, 2.24) is 4.98 Å². The van der Waals surface area contributed by atoms with Crippen LogP contribution in [0.3, 0.4) is 0 Å². The molecule has 1 heterocycles. The third-order valence-corrected chi connectivity index (χ3v) is 3.21. The monoisotopic (exact) mass is 367 g/mol. The first-order chi connectivity index (χ1) is 8.58. The van der Waals surface area contributed by atoms with E-state index in [0.717, 1.165) is 12.1 Å². The van der Waals surface area contributed by atoms with E-state index in [0.29, 0.717) is 22.3 Å². The highest BCUT2D eigenvalue weighted by Gasteiger charge is 2.20. The molecule has 0 aliphatic heterocycles. The van der Waals surface area contributed by atoms with Crippen LogP contribution in [0, 0.1) is 17.5 Å². The molecule has 2 aromatic rings. The van der Waals surface area contributed by atoms with Gasteiger partial charge in [0, 0.05) is 10.8 Å². The zero-order valence-electron chi connectivity index (χ0n) is 9.44. The Morgan fingerprint density at radius 1 is 1.22 bits per heavy atom. The van der Waals surface area contributed by atoms with E-state index in [4.69, 9.17) is 4.42 Å². The Labute approximate surface area is 115 Å². The Morgan fingerprint density at radius 3 is 2.50 bits per heavy atom. The van der Waals surface area contributed by atoms with E-state index in [-0.39, 0.29) is 11.5 Å². The second-order valence-corrected chi connectivity index (χ2v) is 4.36. The number of benzene rings is 1. The molecule has 2 rings (SSSR count). The minimum Gasteiger partial charge on any atom is -0.441 e. The molecule has 6 heteroatoms. The molecule has 0 amide bonds. The van der Waals surface area contributed by atoms with Crippen LogP contribution in [0.2, 0.25) is 0 Å². The molecule has 0 aliphatic carbocycles. The third-order valence-electron chi connectivity index (χ3n) is 2.49. The van der Waals surface area contributed by atoms with Crippen molar-refractivity contribution in [2.45, 2.75) is 17.8 Å². The average Bonchev–Trinajstić information content (AvgIpc) is 2.79. The van der Waals surface area contributed by atoms with E-state index in [1.54, 1.807) is 0 Å². The molecule has 0 fully saturated rings. The van der Waals surface area contributed by atoms with Gasteiger partial charge in [-0.2, -0.15) is 0 Å². The van der Waals surface area contributed by atoms with E-state index >= 15 is 0 Å². The summed E-state index contributed by atoms with van der Waals surface area (Å²) in [5, 5.41) is 0. The molecule has 0 atom stereocenters. The summed E-state index contributed by atoms with van der Waals surface area (Å²) in [7, 11) is 0. The molecule has 0 radical (unpaired) electrons. The second-order valence-electron chi connectivity index (χ2n) is 3.60. The van der Waals surface area contributed by atoms with E-state index < -0.39 is 17.5 Å². The highest BCUT2D eigenvalue weighted by molar-refractivity contribution is 14.1. The number of alkyl halides is 1. The predicted molar refractivity (Wildman–Crippen MR) is 68.9 cm³/mol. The lowest BCUT2D eigenvalue weighted by molar-refractivity contribution is 0.444. The summed E-state index contributed by atoms with van der Waals surface area (Å²) < 4.78 is 45.5. The molecular weight excluding hydrogens is 358 g/mol. The van der Waals surface area contributed by atoms with Gasteiger partial charge in [0.25, 0.3) is 0 Å². The number of hydrogen-bond donors (Lipinski definition) is 0. The van der Waals surface area contributed by atoms with E-state index in [1.807, 2.05) is 6.92 Å². The fraction of sp³-hybridized carbons (Fsp3) is 0.250. The summed E-state index contributed by atoms with van der Waals surface area (Å²) >= 11 is 2.11. The lowest BCUT2D eigenvalue weighted by atomic mass is 10.2. The summed E-state index contributed by atoms with van der Waals surface area (Å²) in [6.07, 6.45) is 0.608. The number of aromatic nitrogens is 1. The van der Waals surface area contributed by atoms with Crippen LogP contribution in [0.15, 0.2) is 16.5 Å². The van der Waals surface area contributed by atoms with Gasteiger partial charge in [-0.3, -0.25) is 0 Å². The van der Waals surface area contributed by atoms with Crippen LogP contribution in [0.1, 0.15) is 18.4 Å². The summed E-state index contributed by atoms with van der Waals surface area (Å²) in [4.78, 5) is 4.10. The quantitative estimate of drug-likeness (QED) is 0.461. The molecule has 96 valence electrons. The van der Waals surface area contributed by atoms with E-state index in [2.05, 4.69) is 27.6 Å². The van der Waals surface area contributed by atoms with Crippen molar-refractivity contribution in [3.8, 4) is 11.5 Å². The molecule has 1 aromatic carbocycles. The number of aryl methyl sites for hydroxylation is 1. The van der Waals surface area contributed by atoms with Crippen LogP contribution in [-0.4, -0.2) is 4.98 Å². The molecule has 0 saturated heterocycles.